The summed E-state index contributed by atoms with van der Waals surface area (Å²) in [6, 6.07) is 5.43. The van der Waals surface area contributed by atoms with Crippen molar-refractivity contribution < 1.29 is 9.90 Å². The SMILES string of the molecule is Cc1cnc(C(=O)NC(c2ccccn2)C2CC(O)C2)[nH]1. The van der Waals surface area contributed by atoms with Gasteiger partial charge in [0.1, 0.15) is 0 Å². The third kappa shape index (κ3) is 2.95. The number of H-pyrrole nitrogens is 1. The smallest absolute Gasteiger partial charge is 0.287 e. The minimum atomic E-state index is -0.274. The van der Waals surface area contributed by atoms with Gasteiger partial charge < -0.3 is 15.4 Å². The van der Waals surface area contributed by atoms with E-state index >= 15 is 0 Å². The molecule has 0 saturated heterocycles. The van der Waals surface area contributed by atoms with Crippen LogP contribution in [0.3, 0.4) is 0 Å². The average Bonchev–Trinajstić information content (AvgIpc) is 2.89. The number of nitrogens with zero attached hydrogens (tertiary/aromatic N) is 2. The molecule has 1 saturated carbocycles. The second-order valence-electron chi connectivity index (χ2n) is 5.51. The fraction of sp³-hybridized carbons (Fsp3) is 0.400. The number of aliphatic hydroxyl groups is 1. The maximum atomic E-state index is 12.3. The number of nitrogens with one attached hydrogen (secondary N) is 2. The third-order valence-electron chi connectivity index (χ3n) is 3.83. The van der Waals surface area contributed by atoms with Gasteiger partial charge >= 0.3 is 0 Å². The van der Waals surface area contributed by atoms with E-state index in [1.54, 1.807) is 12.4 Å². The highest BCUT2D eigenvalue weighted by Crippen LogP contribution is 2.37. The molecular weight excluding hydrogens is 268 g/mol. The highest BCUT2D eigenvalue weighted by Gasteiger charge is 2.36. The highest BCUT2D eigenvalue weighted by molar-refractivity contribution is 5.90. The summed E-state index contributed by atoms with van der Waals surface area (Å²) >= 11 is 0. The third-order valence-corrected chi connectivity index (χ3v) is 3.83. The van der Waals surface area contributed by atoms with E-state index in [-0.39, 0.29) is 24.0 Å². The first-order valence-corrected chi connectivity index (χ1v) is 7.05. The van der Waals surface area contributed by atoms with Crippen molar-refractivity contribution in [3.05, 3.63) is 47.8 Å². The topological polar surface area (TPSA) is 90.9 Å². The molecule has 2 heterocycles. The fourth-order valence-corrected chi connectivity index (χ4v) is 2.63. The van der Waals surface area contributed by atoms with Crippen molar-refractivity contribution in [3.8, 4) is 0 Å². The molecule has 0 aromatic carbocycles. The predicted octanol–water partition coefficient (Wildman–Crippen LogP) is 1.36. The van der Waals surface area contributed by atoms with Gasteiger partial charge in [0.15, 0.2) is 5.82 Å². The van der Waals surface area contributed by atoms with Gasteiger partial charge in [-0.2, -0.15) is 0 Å². The summed E-state index contributed by atoms with van der Waals surface area (Å²) in [4.78, 5) is 23.6. The Morgan fingerprint density at radius 3 is 2.81 bits per heavy atom. The molecule has 21 heavy (non-hydrogen) atoms. The molecular formula is C15H18N4O2. The summed E-state index contributed by atoms with van der Waals surface area (Å²) in [6.45, 7) is 1.85. The van der Waals surface area contributed by atoms with Crippen LogP contribution in [-0.2, 0) is 0 Å². The Morgan fingerprint density at radius 2 is 2.24 bits per heavy atom. The Balaban J connectivity index is 1.78. The number of aromatic amines is 1. The monoisotopic (exact) mass is 286 g/mol. The Kier molecular flexibility index (Phi) is 3.70. The highest BCUT2D eigenvalue weighted by atomic mass is 16.3. The van der Waals surface area contributed by atoms with Crippen LogP contribution < -0.4 is 5.32 Å². The summed E-state index contributed by atoms with van der Waals surface area (Å²) in [5.41, 5.74) is 1.65. The lowest BCUT2D eigenvalue weighted by molar-refractivity contribution is 0.0227. The van der Waals surface area contributed by atoms with Crippen molar-refractivity contribution in [3.63, 3.8) is 0 Å². The quantitative estimate of drug-likeness (QED) is 0.791. The zero-order valence-electron chi connectivity index (χ0n) is 11.8. The van der Waals surface area contributed by atoms with Gasteiger partial charge in [-0.3, -0.25) is 9.78 Å². The number of rotatable bonds is 4. The lowest BCUT2D eigenvalue weighted by Gasteiger charge is -2.37. The first-order chi connectivity index (χ1) is 10.1. The Labute approximate surface area is 122 Å². The number of hydrogen-bond donors (Lipinski definition) is 3. The molecule has 1 fully saturated rings. The number of carbonyl (C=O) groups is 1. The number of pyridine rings is 1. The van der Waals surface area contributed by atoms with Crippen LogP contribution in [0.4, 0.5) is 0 Å². The van der Waals surface area contributed by atoms with E-state index < -0.39 is 0 Å². The number of aliphatic hydroxyl groups excluding tert-OH is 1. The second kappa shape index (κ2) is 5.65. The maximum absolute atomic E-state index is 12.3. The maximum Gasteiger partial charge on any atom is 0.287 e. The Bertz CT molecular complexity index is 620. The summed E-state index contributed by atoms with van der Waals surface area (Å²) in [5.74, 6) is 0.253. The van der Waals surface area contributed by atoms with Crippen molar-refractivity contribution in [2.75, 3.05) is 0 Å². The molecule has 1 aliphatic carbocycles. The molecule has 0 radical (unpaired) electrons. The molecule has 110 valence electrons. The molecule has 1 atom stereocenters. The molecule has 1 aliphatic rings. The molecule has 3 N–H and O–H groups in total. The number of aryl methyl sites for hydroxylation is 1. The normalized spacial score (nSPS) is 22.4. The summed E-state index contributed by atoms with van der Waals surface area (Å²) in [5, 5.41) is 12.5. The zero-order valence-corrected chi connectivity index (χ0v) is 11.8. The van der Waals surface area contributed by atoms with Gasteiger partial charge in [0.25, 0.3) is 5.91 Å². The fourth-order valence-electron chi connectivity index (χ4n) is 2.63. The summed E-state index contributed by atoms with van der Waals surface area (Å²) in [7, 11) is 0. The van der Waals surface area contributed by atoms with Crippen LogP contribution >= 0.6 is 0 Å². The van der Waals surface area contributed by atoms with Gasteiger partial charge in [0.2, 0.25) is 0 Å². The van der Waals surface area contributed by atoms with Crippen LogP contribution in [0, 0.1) is 12.8 Å². The van der Waals surface area contributed by atoms with Gasteiger partial charge in [-0.1, -0.05) is 6.07 Å². The van der Waals surface area contributed by atoms with E-state index in [0.717, 1.165) is 11.4 Å². The van der Waals surface area contributed by atoms with Crippen LogP contribution in [0.5, 0.6) is 0 Å². The van der Waals surface area contributed by atoms with Gasteiger partial charge in [-0.25, -0.2) is 4.98 Å². The van der Waals surface area contributed by atoms with Crippen molar-refractivity contribution in [2.45, 2.75) is 31.9 Å². The van der Waals surface area contributed by atoms with Crippen LogP contribution in [0.25, 0.3) is 0 Å². The molecule has 3 rings (SSSR count). The van der Waals surface area contributed by atoms with Crippen molar-refractivity contribution >= 4 is 5.91 Å². The van der Waals surface area contributed by atoms with E-state index in [9.17, 15) is 9.90 Å². The van der Waals surface area contributed by atoms with Crippen molar-refractivity contribution in [1.82, 2.24) is 20.3 Å². The van der Waals surface area contributed by atoms with E-state index in [0.29, 0.717) is 18.7 Å². The molecule has 0 bridgehead atoms. The van der Waals surface area contributed by atoms with E-state index in [4.69, 9.17) is 0 Å². The largest absolute Gasteiger partial charge is 0.393 e. The van der Waals surface area contributed by atoms with E-state index in [1.807, 2.05) is 25.1 Å². The molecule has 2 aromatic rings. The molecule has 0 aliphatic heterocycles. The number of imidazole rings is 1. The molecule has 6 nitrogen and oxygen atoms in total. The van der Waals surface area contributed by atoms with Crippen LogP contribution in [0.15, 0.2) is 30.6 Å². The van der Waals surface area contributed by atoms with Gasteiger partial charge in [0, 0.05) is 18.1 Å². The predicted molar refractivity (Wildman–Crippen MR) is 76.5 cm³/mol. The summed E-state index contributed by atoms with van der Waals surface area (Å²) in [6.07, 6.45) is 4.42. The van der Waals surface area contributed by atoms with E-state index in [1.165, 1.54) is 0 Å². The van der Waals surface area contributed by atoms with Gasteiger partial charge in [-0.05, 0) is 37.8 Å². The van der Waals surface area contributed by atoms with E-state index in [2.05, 4.69) is 20.3 Å². The van der Waals surface area contributed by atoms with Crippen molar-refractivity contribution in [1.29, 1.82) is 0 Å². The number of carbonyl (C=O) groups excluding carboxylic acids is 1. The van der Waals surface area contributed by atoms with Crippen molar-refractivity contribution in [2.24, 2.45) is 5.92 Å². The number of aromatic nitrogens is 3. The first-order valence-electron chi connectivity index (χ1n) is 7.05. The standard InChI is InChI=1S/C15H18N4O2/c1-9-8-17-14(18-9)15(21)19-13(10-6-11(20)7-10)12-4-2-3-5-16-12/h2-5,8,10-11,13,20H,6-7H2,1H3,(H,17,18)(H,19,21). The first kappa shape index (κ1) is 13.8. The number of amides is 1. The van der Waals surface area contributed by atoms with Crippen LogP contribution in [-0.4, -0.2) is 32.1 Å². The lowest BCUT2D eigenvalue weighted by Crippen LogP contribution is -2.42. The molecule has 1 amide bonds. The van der Waals surface area contributed by atoms with Crippen LogP contribution in [0.2, 0.25) is 0 Å². The average molecular weight is 286 g/mol. The van der Waals surface area contributed by atoms with Crippen LogP contribution in [0.1, 0.15) is 40.9 Å². The van der Waals surface area contributed by atoms with Gasteiger partial charge in [0.05, 0.1) is 17.8 Å². The minimum Gasteiger partial charge on any atom is -0.393 e. The Morgan fingerprint density at radius 1 is 1.43 bits per heavy atom. The lowest BCUT2D eigenvalue weighted by atomic mass is 9.76. The molecule has 0 spiro atoms. The molecule has 1 unspecified atom stereocenters. The zero-order chi connectivity index (χ0) is 14.8. The Hall–Kier alpha value is -2.21. The molecule has 6 heteroatoms. The second-order valence-corrected chi connectivity index (χ2v) is 5.51. The summed E-state index contributed by atoms with van der Waals surface area (Å²) < 4.78 is 0. The molecule has 2 aromatic heterocycles. The van der Waals surface area contributed by atoms with Gasteiger partial charge in [-0.15, -0.1) is 0 Å². The minimum absolute atomic E-state index is 0.201. The number of hydrogen-bond acceptors (Lipinski definition) is 4.